The van der Waals surface area contributed by atoms with E-state index in [9.17, 15) is 4.79 Å². The second-order valence-electron chi connectivity index (χ2n) is 8.85. The van der Waals surface area contributed by atoms with Crippen LogP contribution in [-0.4, -0.2) is 25.9 Å². The molecule has 0 amide bonds. The summed E-state index contributed by atoms with van der Waals surface area (Å²) in [7, 11) is 0. The van der Waals surface area contributed by atoms with Gasteiger partial charge in [0.2, 0.25) is 12.4 Å². The number of nitriles is 1. The van der Waals surface area contributed by atoms with Crippen LogP contribution in [0.5, 0.6) is 0 Å². The van der Waals surface area contributed by atoms with Crippen molar-refractivity contribution in [3.8, 4) is 6.07 Å². The predicted octanol–water partition coefficient (Wildman–Crippen LogP) is 6.03. The van der Waals surface area contributed by atoms with E-state index < -0.39 is 0 Å². The Morgan fingerprint density at radius 3 is 2.00 bits per heavy atom. The Balaban J connectivity index is 0.000000207. The number of hydrogen-bond donors (Lipinski definition) is 2. The van der Waals surface area contributed by atoms with E-state index >= 15 is 0 Å². The van der Waals surface area contributed by atoms with E-state index in [2.05, 4.69) is 21.0 Å². The molecule has 4 aromatic heterocycles. The maximum Gasteiger partial charge on any atom is 0.225 e. The SMILES string of the molecule is Cc1ccc[n+](O)c1.Cc1cccnc1.Cc1cnccc1C#N.Cc1cnccc1C(=O)c1cc(Cl)ccc1N. The summed E-state index contributed by atoms with van der Waals surface area (Å²) in [6.45, 7) is 7.65. The lowest BCUT2D eigenvalue weighted by atomic mass is 10.00. The van der Waals surface area contributed by atoms with Crippen LogP contribution in [0.3, 0.4) is 0 Å². The molecule has 0 fully saturated rings. The van der Waals surface area contributed by atoms with Gasteiger partial charge >= 0.3 is 0 Å². The molecule has 8 nitrogen and oxygen atoms in total. The standard InChI is InChI=1S/C13H11ClN2O.C7H6N2.C6H8NO.C6H7N/c1-8-7-16-5-4-10(8)13(17)11-6-9(14)2-3-12(11)15;1-6-5-9-3-2-7(6)4-8;1-6-3-2-4-7(8)5-6;1-6-3-2-4-7-5-6/h2-7H,15H2,1H3;2-3,5H,1H3;2-5,8H,1H3;2-5H,1H3/q;;+1;. The van der Waals surface area contributed by atoms with E-state index in [-0.39, 0.29) is 5.78 Å². The van der Waals surface area contributed by atoms with E-state index in [4.69, 9.17) is 27.8 Å². The van der Waals surface area contributed by atoms with Crippen molar-refractivity contribution in [3.05, 3.63) is 148 Å². The maximum atomic E-state index is 12.3. The van der Waals surface area contributed by atoms with Gasteiger partial charge in [-0.25, -0.2) is 0 Å². The van der Waals surface area contributed by atoms with Gasteiger partial charge in [0.25, 0.3) is 0 Å². The van der Waals surface area contributed by atoms with Crippen molar-refractivity contribution < 1.29 is 14.7 Å². The molecule has 0 unspecified atom stereocenters. The van der Waals surface area contributed by atoms with Crippen LogP contribution >= 0.6 is 11.6 Å². The molecular weight excluding hydrogens is 536 g/mol. The zero-order valence-corrected chi connectivity index (χ0v) is 24.1. The largest absolute Gasteiger partial charge is 0.398 e. The first kappa shape index (κ1) is 32.1. The average Bonchev–Trinajstić information content (AvgIpc) is 2.96. The van der Waals surface area contributed by atoms with Crippen LogP contribution in [0.25, 0.3) is 0 Å². The number of benzene rings is 1. The average molecular weight is 568 g/mol. The molecular formula is C32H32ClN6O2+. The lowest BCUT2D eigenvalue weighted by Gasteiger charge is -2.07. The van der Waals surface area contributed by atoms with E-state index in [0.717, 1.165) is 21.4 Å². The fourth-order valence-corrected chi connectivity index (χ4v) is 3.40. The molecule has 9 heteroatoms. The molecule has 41 heavy (non-hydrogen) atoms. The molecule has 5 rings (SSSR count). The predicted molar refractivity (Wildman–Crippen MR) is 159 cm³/mol. The topological polar surface area (TPSA) is 130 Å². The van der Waals surface area contributed by atoms with Crippen LogP contribution < -0.4 is 10.5 Å². The number of ketones is 1. The number of pyridine rings is 4. The van der Waals surface area contributed by atoms with E-state index in [1.807, 2.05) is 52.1 Å². The van der Waals surface area contributed by atoms with Crippen LogP contribution in [0.4, 0.5) is 5.69 Å². The first-order chi connectivity index (χ1) is 19.6. The van der Waals surface area contributed by atoms with Gasteiger partial charge in [-0.05, 0) is 86.8 Å². The van der Waals surface area contributed by atoms with Crippen molar-refractivity contribution in [3.63, 3.8) is 0 Å². The van der Waals surface area contributed by atoms with Crippen molar-refractivity contribution in [1.82, 2.24) is 15.0 Å². The number of nitrogens with two attached hydrogens (primary N) is 1. The molecule has 0 saturated carbocycles. The Morgan fingerprint density at radius 1 is 0.854 bits per heavy atom. The summed E-state index contributed by atoms with van der Waals surface area (Å²) in [6, 6.07) is 18.0. The van der Waals surface area contributed by atoms with Crippen molar-refractivity contribution >= 4 is 23.1 Å². The van der Waals surface area contributed by atoms with Crippen molar-refractivity contribution in [2.45, 2.75) is 27.7 Å². The number of halogens is 1. The molecule has 3 N–H and O–H groups in total. The van der Waals surface area contributed by atoms with E-state index in [0.29, 0.717) is 27.4 Å². The third-order valence-electron chi connectivity index (χ3n) is 5.41. The zero-order valence-electron chi connectivity index (χ0n) is 23.4. The van der Waals surface area contributed by atoms with Crippen LogP contribution in [0.15, 0.2) is 104 Å². The normalized spacial score (nSPS) is 9.37. The molecule has 4 heterocycles. The summed E-state index contributed by atoms with van der Waals surface area (Å²) in [6.07, 6.45) is 13.3. The minimum atomic E-state index is -0.134. The van der Waals surface area contributed by atoms with Crippen molar-refractivity contribution in [2.24, 2.45) is 0 Å². The van der Waals surface area contributed by atoms with Gasteiger partial charge in [0.15, 0.2) is 5.78 Å². The van der Waals surface area contributed by atoms with E-state index in [1.165, 1.54) is 5.56 Å². The highest BCUT2D eigenvalue weighted by Gasteiger charge is 2.14. The molecule has 0 aliphatic carbocycles. The Labute approximate surface area is 245 Å². The van der Waals surface area contributed by atoms with E-state index in [1.54, 1.807) is 79.8 Å². The third-order valence-corrected chi connectivity index (χ3v) is 5.64. The number of nitrogens with zero attached hydrogens (tertiary/aromatic N) is 5. The molecule has 0 atom stereocenters. The number of anilines is 1. The van der Waals surface area contributed by atoms with Gasteiger partial charge in [-0.15, -0.1) is 0 Å². The number of rotatable bonds is 2. The van der Waals surface area contributed by atoms with Gasteiger partial charge in [-0.1, -0.05) is 17.7 Å². The first-order valence-corrected chi connectivity index (χ1v) is 12.8. The quantitative estimate of drug-likeness (QED) is 0.115. The fourth-order valence-electron chi connectivity index (χ4n) is 3.22. The Morgan fingerprint density at radius 2 is 1.51 bits per heavy atom. The number of aromatic nitrogens is 4. The second kappa shape index (κ2) is 16.7. The second-order valence-corrected chi connectivity index (χ2v) is 9.28. The van der Waals surface area contributed by atoms with Crippen LogP contribution in [0.1, 0.15) is 43.7 Å². The number of carbonyl (C=O) groups excluding carboxylic acids is 1. The van der Waals surface area contributed by atoms with Gasteiger partial charge in [-0.3, -0.25) is 25.0 Å². The highest BCUT2D eigenvalue weighted by atomic mass is 35.5. The van der Waals surface area contributed by atoms with Gasteiger partial charge in [0.1, 0.15) is 0 Å². The molecule has 5 aromatic rings. The molecule has 0 radical (unpaired) electrons. The van der Waals surface area contributed by atoms with Crippen LogP contribution in [0.2, 0.25) is 5.02 Å². The minimum Gasteiger partial charge on any atom is -0.398 e. The number of nitrogen functional groups attached to an aromatic ring is 1. The lowest BCUT2D eigenvalue weighted by molar-refractivity contribution is -0.905. The number of aryl methyl sites for hydroxylation is 4. The molecule has 0 aliphatic rings. The van der Waals surface area contributed by atoms with Gasteiger partial charge in [0, 0.05) is 75.4 Å². The summed E-state index contributed by atoms with van der Waals surface area (Å²) >= 11 is 5.87. The summed E-state index contributed by atoms with van der Waals surface area (Å²) < 4.78 is 1.04. The third kappa shape index (κ3) is 11.2. The Bertz CT molecular complexity index is 1590. The molecule has 0 saturated heterocycles. The minimum absolute atomic E-state index is 0.134. The van der Waals surface area contributed by atoms with Crippen LogP contribution in [-0.2, 0) is 0 Å². The van der Waals surface area contributed by atoms with Gasteiger partial charge < -0.3 is 5.73 Å². The summed E-state index contributed by atoms with van der Waals surface area (Å²) in [5.41, 5.74) is 11.9. The maximum absolute atomic E-state index is 12.3. The fraction of sp³-hybridized carbons (Fsp3) is 0.125. The Hall–Kier alpha value is -5.13. The monoisotopic (exact) mass is 567 g/mol. The summed E-state index contributed by atoms with van der Waals surface area (Å²) in [5, 5.41) is 17.7. The van der Waals surface area contributed by atoms with Crippen molar-refractivity contribution in [1.29, 1.82) is 5.26 Å². The molecule has 208 valence electrons. The number of hydrogen-bond acceptors (Lipinski definition) is 7. The molecule has 0 bridgehead atoms. The molecule has 1 aromatic carbocycles. The summed E-state index contributed by atoms with van der Waals surface area (Å²) in [4.78, 5) is 24.0. The summed E-state index contributed by atoms with van der Waals surface area (Å²) in [5.74, 6) is -0.134. The van der Waals surface area contributed by atoms with Crippen LogP contribution in [0, 0.1) is 39.0 Å². The zero-order chi connectivity index (χ0) is 30.2. The first-order valence-electron chi connectivity index (χ1n) is 12.5. The highest BCUT2D eigenvalue weighted by molar-refractivity contribution is 6.31. The molecule has 0 aliphatic heterocycles. The van der Waals surface area contributed by atoms with Crippen molar-refractivity contribution in [2.75, 3.05) is 5.73 Å². The lowest BCUT2D eigenvalue weighted by Crippen LogP contribution is -2.28. The van der Waals surface area contributed by atoms with Gasteiger partial charge in [-0.2, -0.15) is 5.26 Å². The Kier molecular flexibility index (Phi) is 13.1. The smallest absolute Gasteiger partial charge is 0.225 e. The van der Waals surface area contributed by atoms with Gasteiger partial charge in [0.05, 0.1) is 11.6 Å². The molecule has 0 spiro atoms. The number of carbonyl (C=O) groups is 1. The highest BCUT2D eigenvalue weighted by Crippen LogP contribution is 2.22.